The molecule has 0 radical (unpaired) electrons. The fourth-order valence-electron chi connectivity index (χ4n) is 2.33. The highest BCUT2D eigenvalue weighted by atomic mass is 16.5. The molecule has 5 heteroatoms. The molecule has 0 heterocycles. The molecule has 2 aromatic rings. The third kappa shape index (κ3) is 4.59. The van der Waals surface area contributed by atoms with Gasteiger partial charge in [0.15, 0.2) is 0 Å². The topological polar surface area (TPSA) is 67.4 Å². The maximum Gasteiger partial charge on any atom is 0.337 e. The molecule has 0 spiro atoms. The molecule has 0 aromatic heterocycles. The summed E-state index contributed by atoms with van der Waals surface area (Å²) in [6, 6.07) is 14.6. The van der Waals surface area contributed by atoms with Crippen LogP contribution < -0.4 is 10.6 Å². The van der Waals surface area contributed by atoms with Crippen molar-refractivity contribution < 1.29 is 14.3 Å². The monoisotopic (exact) mass is 326 g/mol. The number of methoxy groups -OCH3 is 1. The van der Waals surface area contributed by atoms with Crippen molar-refractivity contribution in [3.05, 3.63) is 59.7 Å². The molecule has 126 valence electrons. The van der Waals surface area contributed by atoms with Crippen molar-refractivity contribution >= 4 is 23.3 Å². The molecule has 0 aliphatic carbocycles. The number of nitrogens with one attached hydrogen (secondary N) is 2. The molecular weight excluding hydrogens is 304 g/mol. The zero-order valence-corrected chi connectivity index (χ0v) is 14.1. The zero-order valence-electron chi connectivity index (χ0n) is 14.1. The quantitative estimate of drug-likeness (QED) is 0.795. The lowest BCUT2D eigenvalue weighted by molar-refractivity contribution is -0.114. The summed E-state index contributed by atoms with van der Waals surface area (Å²) in [6.45, 7) is 4.32. The number of anilines is 2. The molecule has 0 atom stereocenters. The van der Waals surface area contributed by atoms with Gasteiger partial charge in [-0.1, -0.05) is 32.0 Å². The number of carbonyl (C=O) groups is 2. The first-order chi connectivity index (χ1) is 11.5. The Bertz CT molecular complexity index is 709. The van der Waals surface area contributed by atoms with E-state index in [-0.39, 0.29) is 18.4 Å². The second-order valence-corrected chi connectivity index (χ2v) is 5.71. The molecule has 2 aromatic carbocycles. The lowest BCUT2D eigenvalue weighted by Crippen LogP contribution is -2.22. The van der Waals surface area contributed by atoms with Gasteiger partial charge in [0.05, 0.1) is 19.2 Å². The number of rotatable bonds is 6. The van der Waals surface area contributed by atoms with Gasteiger partial charge in [-0.15, -0.1) is 0 Å². The molecule has 1 amide bonds. The normalized spacial score (nSPS) is 10.3. The van der Waals surface area contributed by atoms with Crippen LogP contribution in [0.4, 0.5) is 11.4 Å². The van der Waals surface area contributed by atoms with Crippen LogP contribution in [-0.2, 0) is 9.53 Å². The summed E-state index contributed by atoms with van der Waals surface area (Å²) in [7, 11) is 1.34. The number of hydrogen-bond acceptors (Lipinski definition) is 4. The second-order valence-electron chi connectivity index (χ2n) is 5.71. The van der Waals surface area contributed by atoms with Crippen LogP contribution in [0.5, 0.6) is 0 Å². The average Bonchev–Trinajstić information content (AvgIpc) is 2.60. The van der Waals surface area contributed by atoms with Gasteiger partial charge in [-0.05, 0) is 41.8 Å². The predicted octanol–water partition coefficient (Wildman–Crippen LogP) is 3.65. The Labute approximate surface area is 142 Å². The van der Waals surface area contributed by atoms with Crippen molar-refractivity contribution in [2.75, 3.05) is 24.3 Å². The third-order valence-corrected chi connectivity index (χ3v) is 3.62. The van der Waals surface area contributed by atoms with Crippen molar-refractivity contribution in [3.8, 4) is 0 Å². The molecule has 2 N–H and O–H groups in total. The summed E-state index contributed by atoms with van der Waals surface area (Å²) >= 11 is 0. The first-order valence-corrected chi connectivity index (χ1v) is 7.82. The molecule has 0 unspecified atom stereocenters. The van der Waals surface area contributed by atoms with Crippen LogP contribution in [0.1, 0.15) is 35.7 Å². The zero-order chi connectivity index (χ0) is 17.5. The molecule has 24 heavy (non-hydrogen) atoms. The van der Waals surface area contributed by atoms with Crippen LogP contribution in [-0.4, -0.2) is 25.5 Å². The van der Waals surface area contributed by atoms with Crippen molar-refractivity contribution in [1.82, 2.24) is 0 Å². The van der Waals surface area contributed by atoms with Gasteiger partial charge in [0.2, 0.25) is 5.91 Å². The first kappa shape index (κ1) is 17.5. The molecule has 0 saturated carbocycles. The molecule has 2 rings (SSSR count). The highest BCUT2D eigenvalue weighted by molar-refractivity contribution is 5.94. The summed E-state index contributed by atoms with van der Waals surface area (Å²) < 4.78 is 4.65. The third-order valence-electron chi connectivity index (χ3n) is 3.62. The largest absolute Gasteiger partial charge is 0.465 e. The van der Waals surface area contributed by atoms with E-state index >= 15 is 0 Å². The Kier molecular flexibility index (Phi) is 5.95. The Morgan fingerprint density at radius 1 is 1.04 bits per heavy atom. The lowest BCUT2D eigenvalue weighted by atomic mass is 10.0. The van der Waals surface area contributed by atoms with Gasteiger partial charge in [-0.2, -0.15) is 0 Å². The minimum atomic E-state index is -0.385. The molecule has 0 bridgehead atoms. The van der Waals surface area contributed by atoms with Crippen molar-refractivity contribution in [3.63, 3.8) is 0 Å². The molecule has 0 aliphatic rings. The van der Waals surface area contributed by atoms with E-state index in [4.69, 9.17) is 0 Å². The summed E-state index contributed by atoms with van der Waals surface area (Å²) in [6.07, 6.45) is 0. The summed E-state index contributed by atoms with van der Waals surface area (Å²) in [5.74, 6) is -0.176. The van der Waals surface area contributed by atoms with Crippen LogP contribution >= 0.6 is 0 Å². The molecule has 5 nitrogen and oxygen atoms in total. The van der Waals surface area contributed by atoms with Gasteiger partial charge >= 0.3 is 5.97 Å². The average molecular weight is 326 g/mol. The Morgan fingerprint density at radius 2 is 1.71 bits per heavy atom. The number of esters is 1. The number of ether oxygens (including phenoxy) is 1. The van der Waals surface area contributed by atoms with Gasteiger partial charge < -0.3 is 15.4 Å². The van der Waals surface area contributed by atoms with E-state index in [2.05, 4.69) is 29.2 Å². The van der Waals surface area contributed by atoms with E-state index in [1.807, 2.05) is 24.3 Å². The van der Waals surface area contributed by atoms with Crippen LogP contribution in [0, 0.1) is 0 Å². The Balaban J connectivity index is 1.93. The second kappa shape index (κ2) is 8.15. The molecular formula is C19H22N2O3. The number of para-hydroxylation sites is 1. The molecule has 0 fully saturated rings. The fourth-order valence-corrected chi connectivity index (χ4v) is 2.33. The maximum atomic E-state index is 12.1. The number of carbonyl (C=O) groups excluding carboxylic acids is 2. The molecule has 0 saturated heterocycles. The number of benzene rings is 2. The summed E-state index contributed by atoms with van der Waals surface area (Å²) in [5, 5.41) is 5.96. The van der Waals surface area contributed by atoms with Crippen LogP contribution in [0.2, 0.25) is 0 Å². The minimum Gasteiger partial charge on any atom is -0.465 e. The highest BCUT2D eigenvalue weighted by Crippen LogP contribution is 2.23. The van der Waals surface area contributed by atoms with Crippen molar-refractivity contribution in [2.45, 2.75) is 19.8 Å². The maximum absolute atomic E-state index is 12.1. The van der Waals surface area contributed by atoms with Gasteiger partial charge in [-0.3, -0.25) is 4.79 Å². The standard InChI is InChI=1S/C19H22N2O3/c1-13(2)16-6-4-5-7-17(16)21-18(22)12-20-15-10-8-14(9-11-15)19(23)24-3/h4-11,13,20H,12H2,1-3H3,(H,21,22). The molecule has 0 aliphatic heterocycles. The van der Waals surface area contributed by atoms with E-state index in [9.17, 15) is 9.59 Å². The van der Waals surface area contributed by atoms with Crippen LogP contribution in [0.15, 0.2) is 48.5 Å². The number of hydrogen-bond donors (Lipinski definition) is 2. The fraction of sp³-hybridized carbons (Fsp3) is 0.263. The highest BCUT2D eigenvalue weighted by Gasteiger charge is 2.09. The van der Waals surface area contributed by atoms with Crippen molar-refractivity contribution in [2.24, 2.45) is 0 Å². The van der Waals surface area contributed by atoms with Gasteiger partial charge in [0.1, 0.15) is 0 Å². The number of amides is 1. The smallest absolute Gasteiger partial charge is 0.337 e. The lowest BCUT2D eigenvalue weighted by Gasteiger charge is -2.14. The van der Waals surface area contributed by atoms with Gasteiger partial charge in [0.25, 0.3) is 0 Å². The van der Waals surface area contributed by atoms with E-state index in [1.54, 1.807) is 24.3 Å². The Morgan fingerprint density at radius 3 is 2.33 bits per heavy atom. The SMILES string of the molecule is COC(=O)c1ccc(NCC(=O)Nc2ccccc2C(C)C)cc1. The van der Waals surface area contributed by atoms with Gasteiger partial charge in [-0.25, -0.2) is 4.79 Å². The first-order valence-electron chi connectivity index (χ1n) is 7.82. The van der Waals surface area contributed by atoms with E-state index in [1.165, 1.54) is 7.11 Å². The van der Waals surface area contributed by atoms with E-state index in [0.29, 0.717) is 11.5 Å². The van der Waals surface area contributed by atoms with E-state index < -0.39 is 0 Å². The summed E-state index contributed by atoms with van der Waals surface area (Å²) in [5.41, 5.74) is 3.17. The minimum absolute atomic E-state index is 0.125. The van der Waals surface area contributed by atoms with Crippen molar-refractivity contribution in [1.29, 1.82) is 0 Å². The van der Waals surface area contributed by atoms with Crippen LogP contribution in [0.3, 0.4) is 0 Å². The summed E-state index contributed by atoms with van der Waals surface area (Å²) in [4.78, 5) is 23.5. The van der Waals surface area contributed by atoms with Crippen LogP contribution in [0.25, 0.3) is 0 Å². The predicted molar refractivity (Wildman–Crippen MR) is 95.4 cm³/mol. The van der Waals surface area contributed by atoms with E-state index in [0.717, 1.165) is 16.9 Å². The van der Waals surface area contributed by atoms with Gasteiger partial charge in [0, 0.05) is 11.4 Å². The Hall–Kier alpha value is -2.82.